The average Bonchev–Trinajstić information content (AvgIpc) is 2.34. The van der Waals surface area contributed by atoms with Gasteiger partial charge in [0.15, 0.2) is 0 Å². The van der Waals surface area contributed by atoms with E-state index in [9.17, 15) is 0 Å². The summed E-state index contributed by atoms with van der Waals surface area (Å²) in [6, 6.07) is 0.606. The monoisotopic (exact) mass is 147 g/mol. The topological polar surface area (TPSA) is 21.3 Å². The number of hydroxylamine groups is 1. The van der Waals surface area contributed by atoms with Gasteiger partial charge in [0.05, 0.1) is 6.61 Å². The molecule has 2 nitrogen and oxygen atoms in total. The Bertz CT molecular complexity index is 73.5. The zero-order chi connectivity index (χ0) is 6.53. The highest BCUT2D eigenvalue weighted by Crippen LogP contribution is 2.16. The maximum atomic E-state index is 5.05. The lowest BCUT2D eigenvalue weighted by Crippen LogP contribution is -2.28. The fourth-order valence-corrected chi connectivity index (χ4v) is 1.97. The van der Waals surface area contributed by atoms with E-state index in [-0.39, 0.29) is 0 Å². The Hall–Kier alpha value is 0.270. The molecule has 1 aliphatic rings. The first kappa shape index (κ1) is 7.38. The van der Waals surface area contributed by atoms with E-state index >= 15 is 0 Å². The van der Waals surface area contributed by atoms with Gasteiger partial charge in [-0.25, -0.2) is 0 Å². The Morgan fingerprint density at radius 1 is 1.78 bits per heavy atom. The van der Waals surface area contributed by atoms with Crippen molar-refractivity contribution < 1.29 is 4.84 Å². The van der Waals surface area contributed by atoms with E-state index in [0.717, 1.165) is 6.61 Å². The van der Waals surface area contributed by atoms with Gasteiger partial charge in [0.2, 0.25) is 0 Å². The SMILES string of the molecule is CCONC1CCSC1. The molecule has 9 heavy (non-hydrogen) atoms. The van der Waals surface area contributed by atoms with E-state index in [1.54, 1.807) is 0 Å². The summed E-state index contributed by atoms with van der Waals surface area (Å²) < 4.78 is 0. The summed E-state index contributed by atoms with van der Waals surface area (Å²) in [5, 5.41) is 0. The van der Waals surface area contributed by atoms with Gasteiger partial charge in [0.1, 0.15) is 0 Å². The highest BCUT2D eigenvalue weighted by molar-refractivity contribution is 7.99. The van der Waals surface area contributed by atoms with E-state index < -0.39 is 0 Å². The zero-order valence-corrected chi connectivity index (χ0v) is 6.54. The average molecular weight is 147 g/mol. The van der Waals surface area contributed by atoms with Crippen LogP contribution in [0.1, 0.15) is 13.3 Å². The van der Waals surface area contributed by atoms with Gasteiger partial charge in [-0.15, -0.1) is 0 Å². The van der Waals surface area contributed by atoms with Crippen molar-refractivity contribution in [3.05, 3.63) is 0 Å². The smallest absolute Gasteiger partial charge is 0.0654 e. The summed E-state index contributed by atoms with van der Waals surface area (Å²) in [7, 11) is 0. The van der Waals surface area contributed by atoms with Crippen LogP contribution in [0.15, 0.2) is 0 Å². The fourth-order valence-electron chi connectivity index (χ4n) is 0.829. The van der Waals surface area contributed by atoms with Crippen LogP contribution < -0.4 is 5.48 Å². The predicted octanol–water partition coefficient (Wildman–Crippen LogP) is 1.03. The van der Waals surface area contributed by atoms with Crippen molar-refractivity contribution in [3.8, 4) is 0 Å². The van der Waals surface area contributed by atoms with E-state index in [1.165, 1.54) is 17.9 Å². The van der Waals surface area contributed by atoms with Gasteiger partial charge in [0, 0.05) is 11.8 Å². The van der Waals surface area contributed by atoms with Crippen LogP contribution in [0.25, 0.3) is 0 Å². The van der Waals surface area contributed by atoms with Crippen molar-refractivity contribution in [1.29, 1.82) is 0 Å². The maximum Gasteiger partial charge on any atom is 0.0654 e. The molecule has 0 aromatic heterocycles. The van der Waals surface area contributed by atoms with Gasteiger partial charge in [-0.05, 0) is 19.1 Å². The van der Waals surface area contributed by atoms with Gasteiger partial charge in [-0.2, -0.15) is 17.2 Å². The molecular weight excluding hydrogens is 134 g/mol. The maximum absolute atomic E-state index is 5.05. The molecule has 0 aromatic rings. The van der Waals surface area contributed by atoms with Crippen LogP contribution in [0.2, 0.25) is 0 Å². The Labute approximate surface area is 60.3 Å². The first-order valence-electron chi connectivity index (χ1n) is 3.38. The Morgan fingerprint density at radius 3 is 3.22 bits per heavy atom. The normalized spacial score (nSPS) is 27.0. The first-order valence-corrected chi connectivity index (χ1v) is 4.54. The van der Waals surface area contributed by atoms with E-state index in [4.69, 9.17) is 4.84 Å². The number of hydrogen-bond acceptors (Lipinski definition) is 3. The van der Waals surface area contributed by atoms with Crippen LogP contribution in [0, 0.1) is 0 Å². The summed E-state index contributed by atoms with van der Waals surface area (Å²) >= 11 is 1.99. The summed E-state index contributed by atoms with van der Waals surface area (Å²) in [6.07, 6.45) is 1.25. The van der Waals surface area contributed by atoms with Gasteiger partial charge < -0.3 is 4.84 Å². The van der Waals surface area contributed by atoms with Gasteiger partial charge in [-0.1, -0.05) is 0 Å². The highest BCUT2D eigenvalue weighted by atomic mass is 32.2. The van der Waals surface area contributed by atoms with Crippen molar-refractivity contribution in [2.45, 2.75) is 19.4 Å². The molecule has 0 amide bonds. The minimum atomic E-state index is 0.606. The second kappa shape index (κ2) is 4.14. The lowest BCUT2D eigenvalue weighted by Gasteiger charge is -2.08. The highest BCUT2D eigenvalue weighted by Gasteiger charge is 2.13. The van der Waals surface area contributed by atoms with Crippen LogP contribution in [-0.2, 0) is 4.84 Å². The summed E-state index contributed by atoms with van der Waals surface area (Å²) in [5.41, 5.74) is 3.01. The van der Waals surface area contributed by atoms with Gasteiger partial charge >= 0.3 is 0 Å². The van der Waals surface area contributed by atoms with Crippen LogP contribution in [0.3, 0.4) is 0 Å². The molecule has 0 aromatic carbocycles. The third kappa shape index (κ3) is 2.56. The predicted molar refractivity (Wildman–Crippen MR) is 40.5 cm³/mol. The third-order valence-corrected chi connectivity index (χ3v) is 2.49. The molecule has 1 fully saturated rings. The first-order chi connectivity index (χ1) is 4.43. The minimum Gasteiger partial charge on any atom is -0.302 e. The molecule has 1 aliphatic heterocycles. The van der Waals surface area contributed by atoms with E-state index in [2.05, 4.69) is 5.48 Å². The molecule has 1 saturated heterocycles. The molecular formula is C6H13NOS. The van der Waals surface area contributed by atoms with Crippen molar-refractivity contribution in [1.82, 2.24) is 5.48 Å². The Morgan fingerprint density at radius 2 is 2.67 bits per heavy atom. The quantitative estimate of drug-likeness (QED) is 0.602. The summed E-state index contributed by atoms with van der Waals surface area (Å²) in [4.78, 5) is 5.05. The third-order valence-electron chi connectivity index (χ3n) is 1.32. The zero-order valence-electron chi connectivity index (χ0n) is 5.72. The lowest BCUT2D eigenvalue weighted by molar-refractivity contribution is 0.0307. The summed E-state index contributed by atoms with van der Waals surface area (Å²) in [5.74, 6) is 2.49. The fraction of sp³-hybridized carbons (Fsp3) is 1.00. The van der Waals surface area contributed by atoms with Crippen LogP contribution in [-0.4, -0.2) is 24.2 Å². The molecule has 1 atom stereocenters. The number of rotatable bonds is 3. The Kier molecular flexibility index (Phi) is 3.40. The van der Waals surface area contributed by atoms with Crippen LogP contribution >= 0.6 is 11.8 Å². The molecule has 0 aliphatic carbocycles. The summed E-state index contributed by atoms with van der Waals surface area (Å²) in [6.45, 7) is 2.76. The number of hydrogen-bond donors (Lipinski definition) is 1. The molecule has 0 bridgehead atoms. The van der Waals surface area contributed by atoms with E-state index in [1.807, 2.05) is 18.7 Å². The molecule has 0 saturated carbocycles. The van der Waals surface area contributed by atoms with Crippen molar-refractivity contribution in [2.24, 2.45) is 0 Å². The van der Waals surface area contributed by atoms with Crippen molar-refractivity contribution in [3.63, 3.8) is 0 Å². The number of nitrogens with one attached hydrogen (secondary N) is 1. The largest absolute Gasteiger partial charge is 0.302 e. The van der Waals surface area contributed by atoms with Crippen LogP contribution in [0.5, 0.6) is 0 Å². The van der Waals surface area contributed by atoms with Crippen LogP contribution in [0.4, 0.5) is 0 Å². The van der Waals surface area contributed by atoms with E-state index in [0.29, 0.717) is 6.04 Å². The van der Waals surface area contributed by atoms with Gasteiger partial charge in [0.25, 0.3) is 0 Å². The molecule has 54 valence electrons. The second-order valence-electron chi connectivity index (χ2n) is 2.11. The molecule has 3 heteroatoms. The molecule has 0 spiro atoms. The molecule has 1 N–H and O–H groups in total. The van der Waals surface area contributed by atoms with Crippen molar-refractivity contribution >= 4 is 11.8 Å². The van der Waals surface area contributed by atoms with Gasteiger partial charge in [-0.3, -0.25) is 0 Å². The molecule has 1 rings (SSSR count). The second-order valence-corrected chi connectivity index (χ2v) is 3.26. The minimum absolute atomic E-state index is 0.606. The standard InChI is InChI=1S/C6H13NOS/c1-2-8-7-6-3-4-9-5-6/h6-7H,2-5H2,1H3. The molecule has 0 radical (unpaired) electrons. The Balaban J connectivity index is 1.98. The number of thioether (sulfide) groups is 1. The molecule has 1 heterocycles. The van der Waals surface area contributed by atoms with Crippen molar-refractivity contribution in [2.75, 3.05) is 18.1 Å². The molecule has 1 unspecified atom stereocenters. The lowest BCUT2D eigenvalue weighted by atomic mass is 10.3.